The first-order valence-corrected chi connectivity index (χ1v) is 10.6. The molecule has 1 aliphatic heterocycles. The molecule has 0 saturated carbocycles. The van der Waals surface area contributed by atoms with E-state index in [1.54, 1.807) is 22.7 Å². The molecule has 1 amide bonds. The molecule has 0 atom stereocenters. The monoisotopic (exact) mass is 427 g/mol. The number of benzene rings is 3. The molecule has 0 aliphatic carbocycles. The van der Waals surface area contributed by atoms with Crippen LogP contribution in [0.4, 0.5) is 11.4 Å². The molecular formula is C21H11Cl2NOS2. The molecule has 0 unspecified atom stereocenters. The molecular weight excluding hydrogens is 417 g/mol. The second kappa shape index (κ2) is 6.57. The van der Waals surface area contributed by atoms with Crippen LogP contribution in [0.15, 0.2) is 76.5 Å². The van der Waals surface area contributed by atoms with Gasteiger partial charge in [0.25, 0.3) is 5.91 Å². The van der Waals surface area contributed by atoms with Crippen molar-refractivity contribution in [3.8, 4) is 0 Å². The van der Waals surface area contributed by atoms with E-state index in [1.165, 1.54) is 11.3 Å². The number of thiophene rings is 1. The Hall–Kier alpha value is -1.98. The summed E-state index contributed by atoms with van der Waals surface area (Å²) in [6.45, 7) is 0. The third kappa shape index (κ3) is 2.75. The van der Waals surface area contributed by atoms with Gasteiger partial charge in [-0.25, -0.2) is 0 Å². The topological polar surface area (TPSA) is 20.3 Å². The highest BCUT2D eigenvalue weighted by Crippen LogP contribution is 2.49. The molecule has 6 heteroatoms. The highest BCUT2D eigenvalue weighted by molar-refractivity contribution is 7.99. The number of rotatable bonds is 1. The van der Waals surface area contributed by atoms with Crippen LogP contribution in [-0.2, 0) is 0 Å². The van der Waals surface area contributed by atoms with E-state index in [0.717, 1.165) is 31.3 Å². The lowest BCUT2D eigenvalue weighted by Gasteiger charge is -2.30. The molecule has 0 fully saturated rings. The highest BCUT2D eigenvalue weighted by atomic mass is 35.5. The molecule has 1 aromatic heterocycles. The zero-order valence-corrected chi connectivity index (χ0v) is 16.9. The number of para-hydroxylation sites is 2. The molecule has 0 bridgehead atoms. The fourth-order valence-electron chi connectivity index (χ4n) is 3.20. The summed E-state index contributed by atoms with van der Waals surface area (Å²) in [5.74, 6) is -0.127. The van der Waals surface area contributed by atoms with Crippen molar-refractivity contribution in [3.63, 3.8) is 0 Å². The highest BCUT2D eigenvalue weighted by Gasteiger charge is 2.31. The van der Waals surface area contributed by atoms with Gasteiger partial charge in [0.2, 0.25) is 0 Å². The van der Waals surface area contributed by atoms with Gasteiger partial charge in [-0.05, 0) is 36.4 Å². The minimum Gasteiger partial charge on any atom is -0.274 e. The van der Waals surface area contributed by atoms with Gasteiger partial charge in [0.1, 0.15) is 4.88 Å². The predicted octanol–water partition coefficient (Wildman–Crippen LogP) is 7.65. The molecule has 132 valence electrons. The predicted molar refractivity (Wildman–Crippen MR) is 115 cm³/mol. The summed E-state index contributed by atoms with van der Waals surface area (Å²) in [5.41, 5.74) is 1.75. The number of anilines is 2. The molecule has 4 aromatic rings. The van der Waals surface area contributed by atoms with Crippen molar-refractivity contribution >= 4 is 73.7 Å². The van der Waals surface area contributed by atoms with Gasteiger partial charge in [-0.2, -0.15) is 0 Å². The van der Waals surface area contributed by atoms with E-state index >= 15 is 0 Å². The second-order valence-corrected chi connectivity index (χ2v) is 9.01. The average Bonchev–Trinajstić information content (AvgIpc) is 3.01. The summed E-state index contributed by atoms with van der Waals surface area (Å²) in [7, 11) is 0. The van der Waals surface area contributed by atoms with E-state index in [2.05, 4.69) is 0 Å². The van der Waals surface area contributed by atoms with Crippen molar-refractivity contribution in [1.82, 2.24) is 0 Å². The number of nitrogens with zero attached hydrogens (tertiary/aromatic N) is 1. The zero-order chi connectivity index (χ0) is 18.5. The van der Waals surface area contributed by atoms with Gasteiger partial charge < -0.3 is 0 Å². The van der Waals surface area contributed by atoms with Crippen LogP contribution in [0.3, 0.4) is 0 Å². The molecule has 3 aromatic carbocycles. The van der Waals surface area contributed by atoms with Crippen LogP contribution in [0, 0.1) is 0 Å². The van der Waals surface area contributed by atoms with Crippen molar-refractivity contribution in [3.05, 3.63) is 81.7 Å². The number of halogens is 2. The number of carbonyl (C=O) groups excluding carboxylic acids is 1. The molecule has 0 radical (unpaired) electrons. The van der Waals surface area contributed by atoms with Gasteiger partial charge in [0.15, 0.2) is 0 Å². The summed E-state index contributed by atoms with van der Waals surface area (Å²) in [5, 5.41) is 1.96. The molecule has 0 N–H and O–H groups in total. The Balaban J connectivity index is 1.71. The van der Waals surface area contributed by atoms with Gasteiger partial charge in [-0.1, -0.05) is 65.3 Å². The summed E-state index contributed by atoms with van der Waals surface area (Å²) in [4.78, 5) is 18.0. The van der Waals surface area contributed by atoms with Crippen molar-refractivity contribution in [2.24, 2.45) is 0 Å². The van der Waals surface area contributed by atoms with E-state index in [-0.39, 0.29) is 5.91 Å². The SMILES string of the molecule is O=C(c1sc2cc(Cl)ccc2c1Cl)N1c2ccccc2Sc2ccccc21. The van der Waals surface area contributed by atoms with Crippen molar-refractivity contribution < 1.29 is 4.79 Å². The third-order valence-electron chi connectivity index (χ3n) is 4.42. The van der Waals surface area contributed by atoms with Crippen LogP contribution in [0.1, 0.15) is 9.67 Å². The average molecular weight is 428 g/mol. The van der Waals surface area contributed by atoms with Crippen molar-refractivity contribution in [2.45, 2.75) is 9.79 Å². The van der Waals surface area contributed by atoms with Crippen molar-refractivity contribution in [1.29, 1.82) is 0 Å². The number of hydrogen-bond donors (Lipinski definition) is 0. The number of amides is 1. The molecule has 27 heavy (non-hydrogen) atoms. The second-order valence-electron chi connectivity index (χ2n) is 6.06. The van der Waals surface area contributed by atoms with Gasteiger partial charge in [-0.3, -0.25) is 9.69 Å². The van der Waals surface area contributed by atoms with Gasteiger partial charge >= 0.3 is 0 Å². The first-order chi connectivity index (χ1) is 13.1. The first-order valence-electron chi connectivity index (χ1n) is 8.21. The van der Waals surface area contributed by atoms with Crippen LogP contribution < -0.4 is 4.90 Å². The Morgan fingerprint density at radius 3 is 2.15 bits per heavy atom. The van der Waals surface area contributed by atoms with E-state index < -0.39 is 0 Å². The Morgan fingerprint density at radius 2 is 1.48 bits per heavy atom. The van der Waals surface area contributed by atoms with Crippen LogP contribution in [-0.4, -0.2) is 5.91 Å². The van der Waals surface area contributed by atoms with E-state index in [9.17, 15) is 4.79 Å². The largest absolute Gasteiger partial charge is 0.274 e. The fourth-order valence-corrected chi connectivity index (χ4v) is 5.98. The molecule has 2 nitrogen and oxygen atoms in total. The van der Waals surface area contributed by atoms with E-state index in [1.807, 2.05) is 60.7 Å². The smallest absolute Gasteiger partial charge is 0.274 e. The van der Waals surface area contributed by atoms with Gasteiger partial charge in [0.05, 0.1) is 16.4 Å². The fraction of sp³-hybridized carbons (Fsp3) is 0. The molecule has 0 spiro atoms. The lowest BCUT2D eigenvalue weighted by atomic mass is 10.2. The quantitative estimate of drug-likeness (QED) is 0.310. The lowest BCUT2D eigenvalue weighted by molar-refractivity contribution is 0.100. The molecule has 1 aliphatic rings. The Kier molecular flexibility index (Phi) is 4.17. The molecule has 0 saturated heterocycles. The Labute approximate surface area is 174 Å². The summed E-state index contributed by atoms with van der Waals surface area (Å²) < 4.78 is 0.906. The number of hydrogen-bond acceptors (Lipinski definition) is 3. The first kappa shape index (κ1) is 17.1. The standard InChI is InChI=1S/C21H11Cl2NOS2/c22-12-9-10-13-18(11-12)27-20(19(13)23)21(25)24-14-5-1-3-7-16(14)26-17-8-4-2-6-15(17)24/h1-11H. The maximum atomic E-state index is 13.6. The lowest BCUT2D eigenvalue weighted by Crippen LogP contribution is -2.28. The minimum atomic E-state index is -0.127. The van der Waals surface area contributed by atoms with Crippen molar-refractivity contribution in [2.75, 3.05) is 4.90 Å². The summed E-state index contributed by atoms with van der Waals surface area (Å²) >= 11 is 15.7. The van der Waals surface area contributed by atoms with Crippen LogP contribution in [0.2, 0.25) is 10.0 Å². The Morgan fingerprint density at radius 1 is 0.852 bits per heavy atom. The molecule has 5 rings (SSSR count). The maximum absolute atomic E-state index is 13.6. The van der Waals surface area contributed by atoms with E-state index in [0.29, 0.717) is 14.9 Å². The van der Waals surface area contributed by atoms with Crippen LogP contribution in [0.5, 0.6) is 0 Å². The normalized spacial score (nSPS) is 12.7. The summed E-state index contributed by atoms with van der Waals surface area (Å²) in [6, 6.07) is 21.3. The number of fused-ring (bicyclic) bond motifs is 3. The number of carbonyl (C=O) groups is 1. The summed E-state index contributed by atoms with van der Waals surface area (Å²) in [6.07, 6.45) is 0. The third-order valence-corrected chi connectivity index (χ3v) is 7.43. The molecule has 2 heterocycles. The minimum absolute atomic E-state index is 0.127. The van der Waals surface area contributed by atoms with Gasteiger partial charge in [-0.15, -0.1) is 11.3 Å². The van der Waals surface area contributed by atoms with E-state index in [4.69, 9.17) is 23.2 Å². The maximum Gasteiger partial charge on any atom is 0.274 e. The Bertz CT molecular complexity index is 1170. The van der Waals surface area contributed by atoms with Crippen LogP contribution in [0.25, 0.3) is 10.1 Å². The van der Waals surface area contributed by atoms with Crippen LogP contribution >= 0.6 is 46.3 Å². The van der Waals surface area contributed by atoms with Gasteiger partial charge in [0, 0.05) is 24.9 Å². The zero-order valence-electron chi connectivity index (χ0n) is 13.8.